The minimum Gasteiger partial charge on any atom is -0.494 e. The smallest absolute Gasteiger partial charge is 0.328 e. The SMILES string of the molecule is COC(=O)[C@@H]1C[C@@H](OC(C)C)CN1C(=O)CNC(=O)CCCOc1ccccc1. The van der Waals surface area contributed by atoms with Gasteiger partial charge in [0.25, 0.3) is 0 Å². The first-order valence-electron chi connectivity index (χ1n) is 9.88. The maximum Gasteiger partial charge on any atom is 0.328 e. The second-order valence-electron chi connectivity index (χ2n) is 7.17. The van der Waals surface area contributed by atoms with Gasteiger partial charge in [0.05, 0.1) is 32.5 Å². The fraction of sp³-hybridized carbons (Fsp3) is 0.571. The predicted octanol–water partition coefficient (Wildman–Crippen LogP) is 1.53. The summed E-state index contributed by atoms with van der Waals surface area (Å²) >= 11 is 0. The number of likely N-dealkylation sites (tertiary alicyclic amines) is 1. The fourth-order valence-corrected chi connectivity index (χ4v) is 3.22. The minimum absolute atomic E-state index is 0.00819. The Labute approximate surface area is 171 Å². The Morgan fingerprint density at radius 3 is 2.59 bits per heavy atom. The molecule has 1 aromatic carbocycles. The number of hydrogen-bond donors (Lipinski definition) is 1. The number of hydrogen-bond acceptors (Lipinski definition) is 6. The molecule has 2 rings (SSSR count). The third-order valence-corrected chi connectivity index (χ3v) is 4.52. The van der Waals surface area contributed by atoms with Crippen LogP contribution in [0.25, 0.3) is 0 Å². The first kappa shape index (κ1) is 22.7. The number of nitrogens with zero attached hydrogens (tertiary/aromatic N) is 1. The summed E-state index contributed by atoms with van der Waals surface area (Å²) in [6.07, 6.45) is 0.939. The van der Waals surface area contributed by atoms with Crippen molar-refractivity contribution in [3.05, 3.63) is 30.3 Å². The van der Waals surface area contributed by atoms with Crippen molar-refractivity contribution in [3.8, 4) is 5.75 Å². The normalized spacial score (nSPS) is 18.6. The average molecular weight is 406 g/mol. The van der Waals surface area contributed by atoms with Gasteiger partial charge in [-0.1, -0.05) is 18.2 Å². The number of amides is 2. The molecule has 1 aliphatic heterocycles. The predicted molar refractivity (Wildman–Crippen MR) is 106 cm³/mol. The van der Waals surface area contributed by atoms with Crippen LogP contribution in [0.3, 0.4) is 0 Å². The Balaban J connectivity index is 1.74. The number of rotatable bonds is 10. The van der Waals surface area contributed by atoms with E-state index in [2.05, 4.69) is 5.32 Å². The zero-order chi connectivity index (χ0) is 21.2. The van der Waals surface area contributed by atoms with Gasteiger partial charge in [-0.25, -0.2) is 4.79 Å². The van der Waals surface area contributed by atoms with Crippen molar-refractivity contribution < 1.29 is 28.6 Å². The van der Waals surface area contributed by atoms with Crippen LogP contribution in [-0.4, -0.2) is 67.7 Å². The van der Waals surface area contributed by atoms with E-state index >= 15 is 0 Å². The molecule has 8 heteroatoms. The molecule has 2 atom stereocenters. The molecule has 0 radical (unpaired) electrons. The number of esters is 1. The van der Waals surface area contributed by atoms with Crippen molar-refractivity contribution in [2.45, 2.75) is 51.4 Å². The zero-order valence-electron chi connectivity index (χ0n) is 17.3. The number of carbonyl (C=O) groups excluding carboxylic acids is 3. The topological polar surface area (TPSA) is 94.2 Å². The van der Waals surface area contributed by atoms with Gasteiger partial charge in [0, 0.05) is 19.4 Å². The van der Waals surface area contributed by atoms with E-state index in [1.807, 2.05) is 44.2 Å². The molecule has 1 aromatic rings. The molecule has 0 spiro atoms. The van der Waals surface area contributed by atoms with Crippen molar-refractivity contribution in [3.63, 3.8) is 0 Å². The third kappa shape index (κ3) is 7.38. The number of carbonyl (C=O) groups is 3. The van der Waals surface area contributed by atoms with Gasteiger partial charge in [-0.3, -0.25) is 9.59 Å². The van der Waals surface area contributed by atoms with Crippen LogP contribution in [-0.2, 0) is 23.9 Å². The van der Waals surface area contributed by atoms with Crippen LogP contribution in [0.4, 0.5) is 0 Å². The third-order valence-electron chi connectivity index (χ3n) is 4.52. The molecule has 1 aliphatic rings. The van der Waals surface area contributed by atoms with E-state index < -0.39 is 12.0 Å². The number of methoxy groups -OCH3 is 1. The molecule has 0 unspecified atom stereocenters. The molecule has 1 N–H and O–H groups in total. The summed E-state index contributed by atoms with van der Waals surface area (Å²) in [7, 11) is 1.29. The molecular weight excluding hydrogens is 376 g/mol. The van der Waals surface area contributed by atoms with Gasteiger partial charge in [0.1, 0.15) is 11.8 Å². The molecular formula is C21H30N2O6. The van der Waals surface area contributed by atoms with Crippen LogP contribution >= 0.6 is 0 Å². The maximum atomic E-state index is 12.6. The molecule has 0 aromatic heterocycles. The molecule has 0 bridgehead atoms. The first-order valence-corrected chi connectivity index (χ1v) is 9.88. The van der Waals surface area contributed by atoms with Crippen LogP contribution in [0.2, 0.25) is 0 Å². The molecule has 1 fully saturated rings. The number of para-hydroxylation sites is 1. The van der Waals surface area contributed by atoms with E-state index in [1.54, 1.807) is 0 Å². The summed E-state index contributed by atoms with van der Waals surface area (Å²) in [4.78, 5) is 38.0. The monoisotopic (exact) mass is 406 g/mol. The molecule has 0 aliphatic carbocycles. The van der Waals surface area contributed by atoms with Crippen molar-refractivity contribution in [2.75, 3.05) is 26.8 Å². The largest absolute Gasteiger partial charge is 0.494 e. The van der Waals surface area contributed by atoms with Gasteiger partial charge < -0.3 is 24.4 Å². The van der Waals surface area contributed by atoms with Gasteiger partial charge in [-0.2, -0.15) is 0 Å². The van der Waals surface area contributed by atoms with Gasteiger partial charge in [0.2, 0.25) is 11.8 Å². The van der Waals surface area contributed by atoms with Gasteiger partial charge in [-0.15, -0.1) is 0 Å². The lowest BCUT2D eigenvalue weighted by molar-refractivity contribution is -0.150. The molecule has 160 valence electrons. The van der Waals surface area contributed by atoms with Crippen LogP contribution in [0.1, 0.15) is 33.1 Å². The van der Waals surface area contributed by atoms with Gasteiger partial charge in [0.15, 0.2) is 0 Å². The quantitative estimate of drug-likeness (QED) is 0.468. The number of benzene rings is 1. The zero-order valence-corrected chi connectivity index (χ0v) is 17.3. The fourth-order valence-electron chi connectivity index (χ4n) is 3.22. The molecule has 29 heavy (non-hydrogen) atoms. The van der Waals surface area contributed by atoms with Gasteiger partial charge in [-0.05, 0) is 32.4 Å². The van der Waals surface area contributed by atoms with Crippen LogP contribution in [0, 0.1) is 0 Å². The van der Waals surface area contributed by atoms with Crippen LogP contribution in [0.5, 0.6) is 5.75 Å². The Bertz CT molecular complexity index is 679. The molecule has 1 heterocycles. The summed E-state index contributed by atoms with van der Waals surface area (Å²) < 4.78 is 16.1. The highest BCUT2D eigenvalue weighted by Crippen LogP contribution is 2.22. The second-order valence-corrected chi connectivity index (χ2v) is 7.17. The highest BCUT2D eigenvalue weighted by Gasteiger charge is 2.40. The molecule has 1 saturated heterocycles. The average Bonchev–Trinajstić information content (AvgIpc) is 3.12. The lowest BCUT2D eigenvalue weighted by Crippen LogP contribution is -2.46. The van der Waals surface area contributed by atoms with E-state index in [0.717, 1.165) is 5.75 Å². The lowest BCUT2D eigenvalue weighted by atomic mass is 10.2. The Kier molecular flexibility index (Phi) is 8.92. The number of ether oxygens (including phenoxy) is 3. The van der Waals surface area contributed by atoms with Crippen molar-refractivity contribution in [1.82, 2.24) is 10.2 Å². The standard InChI is InChI=1S/C21H30N2O6/c1-15(2)29-17-12-18(21(26)27-3)23(14-17)20(25)13-22-19(24)10-7-11-28-16-8-5-4-6-9-16/h4-6,8-9,15,17-18H,7,10-14H2,1-3H3,(H,22,24)/t17-,18+/m1/s1. The van der Waals surface area contributed by atoms with E-state index in [1.165, 1.54) is 12.0 Å². The summed E-state index contributed by atoms with van der Waals surface area (Å²) in [5.74, 6) is -0.287. The Morgan fingerprint density at radius 2 is 1.93 bits per heavy atom. The lowest BCUT2D eigenvalue weighted by Gasteiger charge is -2.22. The summed E-state index contributed by atoms with van der Waals surface area (Å²) in [5, 5.41) is 2.61. The molecule has 2 amide bonds. The van der Waals surface area contributed by atoms with Crippen LogP contribution in [0.15, 0.2) is 30.3 Å². The summed E-state index contributed by atoms with van der Waals surface area (Å²) in [5.41, 5.74) is 0. The number of nitrogens with one attached hydrogen (secondary N) is 1. The Morgan fingerprint density at radius 1 is 1.21 bits per heavy atom. The van der Waals surface area contributed by atoms with E-state index in [9.17, 15) is 14.4 Å². The van der Waals surface area contributed by atoms with E-state index in [4.69, 9.17) is 14.2 Å². The van der Waals surface area contributed by atoms with Crippen molar-refractivity contribution in [1.29, 1.82) is 0 Å². The summed E-state index contributed by atoms with van der Waals surface area (Å²) in [6.45, 7) is 4.35. The highest BCUT2D eigenvalue weighted by molar-refractivity contribution is 5.89. The maximum absolute atomic E-state index is 12.6. The highest BCUT2D eigenvalue weighted by atomic mass is 16.5. The van der Waals surface area contributed by atoms with E-state index in [-0.39, 0.29) is 37.0 Å². The van der Waals surface area contributed by atoms with Crippen molar-refractivity contribution >= 4 is 17.8 Å². The Hall–Kier alpha value is -2.61. The van der Waals surface area contributed by atoms with Crippen molar-refractivity contribution in [2.24, 2.45) is 0 Å². The minimum atomic E-state index is -0.688. The van der Waals surface area contributed by atoms with E-state index in [0.29, 0.717) is 26.0 Å². The first-order chi connectivity index (χ1) is 13.9. The molecule has 0 saturated carbocycles. The van der Waals surface area contributed by atoms with Gasteiger partial charge >= 0.3 is 5.97 Å². The van der Waals surface area contributed by atoms with Crippen LogP contribution < -0.4 is 10.1 Å². The second kappa shape index (κ2) is 11.4. The molecule has 8 nitrogen and oxygen atoms in total. The summed E-state index contributed by atoms with van der Waals surface area (Å²) in [6, 6.07) is 8.67.